The highest BCUT2D eigenvalue weighted by molar-refractivity contribution is 5.99. The molecule has 4 N–H and O–H groups in total. The molecule has 0 aliphatic heterocycles. The Labute approximate surface area is 202 Å². The first-order valence-corrected chi connectivity index (χ1v) is 11.4. The van der Waals surface area contributed by atoms with Crippen LogP contribution in [0.1, 0.15) is 30.6 Å². The van der Waals surface area contributed by atoms with Crippen LogP contribution in [-0.2, 0) is 16.1 Å². The minimum Gasteiger partial charge on any atom is -0.383 e. The van der Waals surface area contributed by atoms with Crippen LogP contribution in [0.3, 0.4) is 0 Å². The van der Waals surface area contributed by atoms with Gasteiger partial charge in [-0.2, -0.15) is 0 Å². The van der Waals surface area contributed by atoms with Crippen LogP contribution in [0.5, 0.6) is 0 Å². The first kappa shape index (κ1) is 25.7. The molecule has 0 bridgehead atoms. The molecule has 1 aromatic heterocycles. The topological polar surface area (TPSA) is 140 Å². The number of nitrogens with one attached hydrogen (secondary N) is 2. The maximum Gasteiger partial charge on any atom is 0.330 e. The van der Waals surface area contributed by atoms with Crippen molar-refractivity contribution in [1.29, 1.82) is 0 Å². The molecule has 186 valence electrons. The second-order valence-electron chi connectivity index (χ2n) is 8.60. The number of anilines is 2. The summed E-state index contributed by atoms with van der Waals surface area (Å²) in [7, 11) is 1.47. The van der Waals surface area contributed by atoms with Gasteiger partial charge in [-0.25, -0.2) is 4.79 Å². The van der Waals surface area contributed by atoms with Crippen molar-refractivity contribution in [3.05, 3.63) is 68.9 Å². The van der Waals surface area contributed by atoms with Crippen LogP contribution in [0, 0.1) is 5.92 Å². The molecule has 0 atom stereocenters. The average Bonchev–Trinajstić information content (AvgIpc) is 2.83. The summed E-state index contributed by atoms with van der Waals surface area (Å²) < 4.78 is 6.34. The highest BCUT2D eigenvalue weighted by Crippen LogP contribution is 2.19. The van der Waals surface area contributed by atoms with E-state index in [-0.39, 0.29) is 56.0 Å². The van der Waals surface area contributed by atoms with Crippen molar-refractivity contribution in [2.45, 2.75) is 26.8 Å². The number of aromatic amines is 1. The lowest BCUT2D eigenvalue weighted by atomic mass is 10.1. The first-order valence-electron chi connectivity index (χ1n) is 11.4. The van der Waals surface area contributed by atoms with Gasteiger partial charge in [-0.15, -0.1) is 0 Å². The number of benzene rings is 2. The van der Waals surface area contributed by atoms with Gasteiger partial charge in [0.05, 0.1) is 6.61 Å². The molecule has 2 amide bonds. The minimum atomic E-state index is -0.753. The number of nitrogens with zero attached hydrogens (tertiary/aromatic N) is 2. The Hall–Kier alpha value is -3.92. The number of amides is 2. The molecule has 10 nitrogen and oxygen atoms in total. The van der Waals surface area contributed by atoms with Crippen LogP contribution < -0.4 is 27.2 Å². The first-order chi connectivity index (χ1) is 16.7. The summed E-state index contributed by atoms with van der Waals surface area (Å²) in [6.45, 7) is 4.35. The van der Waals surface area contributed by atoms with Gasteiger partial charge in [0.25, 0.3) is 11.5 Å². The SMILES string of the molecule is COCCN(C(=O)CCNC(=O)c1ccc2ccccc2c1)c1c(N)n(CC(C)C)c(=O)[nH]c1=O. The molecule has 0 aliphatic rings. The largest absolute Gasteiger partial charge is 0.383 e. The molecule has 2 aromatic carbocycles. The van der Waals surface area contributed by atoms with Crippen LogP contribution in [0.2, 0.25) is 0 Å². The summed E-state index contributed by atoms with van der Waals surface area (Å²) in [5.41, 5.74) is 5.17. The summed E-state index contributed by atoms with van der Waals surface area (Å²) in [5, 5.41) is 4.70. The van der Waals surface area contributed by atoms with E-state index in [1.807, 2.05) is 44.2 Å². The van der Waals surface area contributed by atoms with Gasteiger partial charge >= 0.3 is 5.69 Å². The van der Waals surface area contributed by atoms with Crippen molar-refractivity contribution in [1.82, 2.24) is 14.9 Å². The third kappa shape index (κ3) is 6.15. The number of aromatic nitrogens is 2. The average molecular weight is 482 g/mol. The van der Waals surface area contributed by atoms with Gasteiger partial charge in [0.15, 0.2) is 5.69 Å². The van der Waals surface area contributed by atoms with Crippen molar-refractivity contribution in [3.8, 4) is 0 Å². The maximum atomic E-state index is 13.1. The summed E-state index contributed by atoms with van der Waals surface area (Å²) in [6, 6.07) is 13.1. The number of methoxy groups -OCH3 is 1. The normalized spacial score (nSPS) is 11.1. The molecule has 0 spiro atoms. The number of carbonyl (C=O) groups excluding carboxylic acids is 2. The maximum absolute atomic E-state index is 13.1. The number of hydrogen-bond donors (Lipinski definition) is 3. The summed E-state index contributed by atoms with van der Waals surface area (Å²) in [5.74, 6) is -0.748. The Morgan fingerprint density at radius 2 is 1.86 bits per heavy atom. The Balaban J connectivity index is 1.76. The number of rotatable bonds is 10. The van der Waals surface area contributed by atoms with Gasteiger partial charge in [-0.05, 0) is 28.8 Å². The molecule has 3 rings (SSSR count). The van der Waals surface area contributed by atoms with E-state index in [4.69, 9.17) is 10.5 Å². The van der Waals surface area contributed by atoms with Crippen LogP contribution in [0.4, 0.5) is 11.5 Å². The highest BCUT2D eigenvalue weighted by Gasteiger charge is 2.24. The predicted molar refractivity (Wildman–Crippen MR) is 136 cm³/mol. The molecule has 10 heteroatoms. The molecular weight excluding hydrogens is 450 g/mol. The van der Waals surface area contributed by atoms with Gasteiger partial charge < -0.3 is 20.7 Å². The fourth-order valence-electron chi connectivity index (χ4n) is 3.78. The summed E-state index contributed by atoms with van der Waals surface area (Å²) >= 11 is 0. The van der Waals surface area contributed by atoms with Crippen molar-refractivity contribution in [3.63, 3.8) is 0 Å². The zero-order valence-electron chi connectivity index (χ0n) is 20.2. The van der Waals surface area contributed by atoms with Gasteiger partial charge in [0.2, 0.25) is 5.91 Å². The fraction of sp³-hybridized carbons (Fsp3) is 0.360. The van der Waals surface area contributed by atoms with E-state index in [0.717, 1.165) is 10.8 Å². The second-order valence-corrected chi connectivity index (χ2v) is 8.60. The minimum absolute atomic E-state index is 0.0530. The number of hydrogen-bond acceptors (Lipinski definition) is 6. The zero-order valence-corrected chi connectivity index (χ0v) is 20.2. The van der Waals surface area contributed by atoms with Crippen LogP contribution in [0.15, 0.2) is 52.1 Å². The second kappa shape index (κ2) is 11.5. The molecule has 35 heavy (non-hydrogen) atoms. The Morgan fingerprint density at radius 1 is 1.14 bits per heavy atom. The van der Waals surface area contributed by atoms with Crippen molar-refractivity contribution < 1.29 is 14.3 Å². The van der Waals surface area contributed by atoms with E-state index in [1.54, 1.807) is 12.1 Å². The lowest BCUT2D eigenvalue weighted by Gasteiger charge is -2.24. The van der Waals surface area contributed by atoms with E-state index in [9.17, 15) is 19.2 Å². The van der Waals surface area contributed by atoms with Crippen LogP contribution >= 0.6 is 0 Å². The van der Waals surface area contributed by atoms with Gasteiger partial charge in [0, 0.05) is 38.7 Å². The summed E-state index contributed by atoms with van der Waals surface area (Å²) in [6.07, 6.45) is -0.0782. The van der Waals surface area contributed by atoms with Crippen molar-refractivity contribution in [2.24, 2.45) is 5.92 Å². The quantitative estimate of drug-likeness (QED) is 0.403. The van der Waals surface area contributed by atoms with Gasteiger partial charge in [0.1, 0.15) is 5.82 Å². The van der Waals surface area contributed by atoms with Crippen LogP contribution in [0.25, 0.3) is 10.8 Å². The van der Waals surface area contributed by atoms with Crippen molar-refractivity contribution >= 4 is 34.1 Å². The Morgan fingerprint density at radius 3 is 2.54 bits per heavy atom. The molecule has 1 heterocycles. The number of fused-ring (bicyclic) bond motifs is 1. The molecule has 0 saturated heterocycles. The lowest BCUT2D eigenvalue weighted by molar-refractivity contribution is -0.118. The van der Waals surface area contributed by atoms with E-state index < -0.39 is 17.2 Å². The van der Waals surface area contributed by atoms with E-state index in [0.29, 0.717) is 5.56 Å². The number of ether oxygens (including phenoxy) is 1. The fourth-order valence-corrected chi connectivity index (χ4v) is 3.78. The lowest BCUT2D eigenvalue weighted by Crippen LogP contribution is -2.43. The standard InChI is InChI=1S/C25H31N5O5/c1-16(2)15-30-22(26)21(24(33)28-25(30)34)29(12-13-35-3)20(31)10-11-27-23(32)19-9-8-17-6-4-5-7-18(17)14-19/h4-9,14,16H,10-13,15,26H2,1-3H3,(H,27,32)(H,28,33,34). The Kier molecular flexibility index (Phi) is 8.43. The predicted octanol–water partition coefficient (Wildman–Crippen LogP) is 1.73. The monoisotopic (exact) mass is 481 g/mol. The highest BCUT2D eigenvalue weighted by atomic mass is 16.5. The number of carbonyl (C=O) groups is 2. The smallest absolute Gasteiger partial charge is 0.330 e. The number of nitrogens with two attached hydrogens (primary N) is 1. The molecule has 0 unspecified atom stereocenters. The molecule has 0 radical (unpaired) electrons. The van der Waals surface area contributed by atoms with E-state index >= 15 is 0 Å². The molecule has 0 fully saturated rings. The number of nitrogen functional groups attached to an aromatic ring is 1. The Bertz CT molecular complexity index is 1330. The van der Waals surface area contributed by atoms with E-state index in [1.165, 1.54) is 16.6 Å². The third-order valence-electron chi connectivity index (χ3n) is 5.49. The van der Waals surface area contributed by atoms with E-state index in [2.05, 4.69) is 10.3 Å². The molecule has 0 saturated carbocycles. The summed E-state index contributed by atoms with van der Waals surface area (Å²) in [4.78, 5) is 54.0. The third-order valence-corrected chi connectivity index (χ3v) is 5.49. The molecule has 3 aromatic rings. The van der Waals surface area contributed by atoms with Gasteiger partial charge in [-0.1, -0.05) is 44.2 Å². The molecular formula is C25H31N5O5. The van der Waals surface area contributed by atoms with Crippen LogP contribution in [-0.4, -0.2) is 48.2 Å². The van der Waals surface area contributed by atoms with Crippen molar-refractivity contribution in [2.75, 3.05) is 37.4 Å². The number of H-pyrrole nitrogens is 1. The zero-order chi connectivity index (χ0) is 25.5. The molecule has 0 aliphatic carbocycles. The van der Waals surface area contributed by atoms with Gasteiger partial charge in [-0.3, -0.25) is 23.9 Å².